The summed E-state index contributed by atoms with van der Waals surface area (Å²) in [5.74, 6) is 0.274. The van der Waals surface area contributed by atoms with E-state index in [9.17, 15) is 14.4 Å². The monoisotopic (exact) mass is 411 g/mol. The first-order valence-corrected chi connectivity index (χ1v) is 9.80. The smallest absolute Gasteiger partial charge is 0.328 e. The Morgan fingerprint density at radius 2 is 2.10 bits per heavy atom. The number of aromatic amines is 2. The lowest BCUT2D eigenvalue weighted by atomic mass is 9.90. The maximum atomic E-state index is 13.2. The zero-order valence-electron chi connectivity index (χ0n) is 16.4. The molecule has 0 aromatic carbocycles. The van der Waals surface area contributed by atoms with Gasteiger partial charge in [-0.15, -0.1) is 0 Å². The Kier molecular flexibility index (Phi) is 3.95. The molecule has 0 bridgehead atoms. The van der Waals surface area contributed by atoms with E-state index in [1.807, 2.05) is 6.92 Å². The van der Waals surface area contributed by atoms with Crippen LogP contribution in [-0.4, -0.2) is 54.1 Å². The normalized spacial score (nSPS) is 20.9. The third kappa shape index (κ3) is 2.85. The molecule has 1 fully saturated rings. The van der Waals surface area contributed by atoms with Gasteiger partial charge >= 0.3 is 5.69 Å². The number of hydrogen-bond acceptors (Lipinski definition) is 7. The molecule has 11 heteroatoms. The molecule has 11 nitrogen and oxygen atoms in total. The van der Waals surface area contributed by atoms with Crippen molar-refractivity contribution in [3.63, 3.8) is 0 Å². The number of anilines is 1. The Morgan fingerprint density at radius 3 is 2.93 bits per heavy atom. The van der Waals surface area contributed by atoms with Gasteiger partial charge in [-0.2, -0.15) is 9.61 Å². The Hall–Kier alpha value is -3.63. The van der Waals surface area contributed by atoms with E-state index in [0.717, 1.165) is 5.69 Å². The molecule has 0 aliphatic carbocycles. The number of hydrogen-bond donors (Lipinski definition) is 3. The molecule has 3 aromatic heterocycles. The predicted octanol–water partition coefficient (Wildman–Crippen LogP) is -0.00348. The van der Waals surface area contributed by atoms with Gasteiger partial charge in [0.15, 0.2) is 5.65 Å². The van der Waals surface area contributed by atoms with E-state index in [0.29, 0.717) is 55.5 Å². The van der Waals surface area contributed by atoms with Gasteiger partial charge < -0.3 is 15.4 Å². The number of nitrogens with two attached hydrogens (primary N) is 1. The summed E-state index contributed by atoms with van der Waals surface area (Å²) in [7, 11) is 0. The average Bonchev–Trinajstić information content (AvgIpc) is 3.17. The fourth-order valence-corrected chi connectivity index (χ4v) is 4.36. The summed E-state index contributed by atoms with van der Waals surface area (Å²) in [4.78, 5) is 47.6. The molecular weight excluding hydrogens is 390 g/mol. The van der Waals surface area contributed by atoms with E-state index >= 15 is 0 Å². The van der Waals surface area contributed by atoms with Crippen LogP contribution in [0.15, 0.2) is 21.9 Å². The van der Waals surface area contributed by atoms with Crippen LogP contribution in [0.3, 0.4) is 0 Å². The number of carbonyl (C=O) groups is 1. The van der Waals surface area contributed by atoms with Crippen molar-refractivity contribution in [2.45, 2.75) is 38.2 Å². The van der Waals surface area contributed by atoms with Crippen LogP contribution in [0, 0.1) is 6.92 Å². The Morgan fingerprint density at radius 1 is 1.27 bits per heavy atom. The minimum Gasteiger partial charge on any atom is -0.471 e. The first kappa shape index (κ1) is 18.4. The van der Waals surface area contributed by atoms with Gasteiger partial charge in [0.2, 0.25) is 5.88 Å². The van der Waals surface area contributed by atoms with E-state index in [-0.39, 0.29) is 17.6 Å². The topological polar surface area (TPSA) is 151 Å². The number of H-pyrrole nitrogens is 2. The summed E-state index contributed by atoms with van der Waals surface area (Å²) in [5, 5.41) is 4.29. The molecule has 3 aromatic rings. The van der Waals surface area contributed by atoms with Crippen LogP contribution >= 0.6 is 0 Å². The zero-order valence-corrected chi connectivity index (χ0v) is 16.4. The number of carbonyl (C=O) groups excluding carboxylic acids is 1. The summed E-state index contributed by atoms with van der Waals surface area (Å²) < 4.78 is 7.50. The molecule has 1 saturated heterocycles. The van der Waals surface area contributed by atoms with Crippen molar-refractivity contribution < 1.29 is 9.53 Å². The molecule has 1 atom stereocenters. The Balaban J connectivity index is 1.38. The van der Waals surface area contributed by atoms with Crippen LogP contribution in [0.4, 0.5) is 5.82 Å². The SMILES string of the molecule is Cc1cc2ncc(C(=O)N3CCC[C@]4(CC3)Cc3c([nH]c(=O)[nH]c3=O)O4)c(N)n2n1. The van der Waals surface area contributed by atoms with Crippen LogP contribution in [0.2, 0.25) is 0 Å². The predicted molar refractivity (Wildman–Crippen MR) is 107 cm³/mol. The van der Waals surface area contributed by atoms with Crippen molar-refractivity contribution in [3.8, 4) is 5.88 Å². The quantitative estimate of drug-likeness (QED) is 0.509. The molecule has 1 spiro atoms. The lowest BCUT2D eigenvalue weighted by Crippen LogP contribution is -2.38. The second-order valence-electron chi connectivity index (χ2n) is 7.94. The van der Waals surface area contributed by atoms with Gasteiger partial charge in [0.05, 0.1) is 11.3 Å². The number of ether oxygens (including phenoxy) is 1. The summed E-state index contributed by atoms with van der Waals surface area (Å²) in [5.41, 5.74) is 6.68. The van der Waals surface area contributed by atoms with Gasteiger partial charge in [0.1, 0.15) is 17.0 Å². The number of amides is 1. The zero-order chi connectivity index (χ0) is 21.0. The van der Waals surface area contributed by atoms with Crippen molar-refractivity contribution >= 4 is 17.4 Å². The minimum absolute atomic E-state index is 0.214. The number of nitrogens with one attached hydrogen (secondary N) is 2. The first-order valence-electron chi connectivity index (χ1n) is 9.80. The molecular formula is C19H21N7O4. The number of aryl methyl sites for hydroxylation is 1. The van der Waals surface area contributed by atoms with E-state index in [4.69, 9.17) is 10.5 Å². The molecule has 5 heterocycles. The van der Waals surface area contributed by atoms with Crippen molar-refractivity contribution in [2.75, 3.05) is 18.8 Å². The number of aromatic nitrogens is 5. The second kappa shape index (κ2) is 6.44. The fourth-order valence-electron chi connectivity index (χ4n) is 4.36. The Labute approximate surface area is 169 Å². The van der Waals surface area contributed by atoms with Gasteiger partial charge in [0.25, 0.3) is 11.5 Å². The van der Waals surface area contributed by atoms with Crippen molar-refractivity contribution in [2.24, 2.45) is 0 Å². The maximum absolute atomic E-state index is 13.2. The number of rotatable bonds is 1. The molecule has 0 saturated carbocycles. The minimum atomic E-state index is -0.610. The molecule has 2 aliphatic heterocycles. The Bertz CT molecular complexity index is 1290. The summed E-state index contributed by atoms with van der Waals surface area (Å²) in [6.07, 6.45) is 3.78. The molecule has 5 rings (SSSR count). The first-order chi connectivity index (χ1) is 14.3. The largest absolute Gasteiger partial charge is 0.471 e. The van der Waals surface area contributed by atoms with Gasteiger partial charge in [-0.1, -0.05) is 0 Å². The average molecular weight is 411 g/mol. The molecule has 0 radical (unpaired) electrons. The van der Waals surface area contributed by atoms with Crippen LogP contribution in [0.1, 0.15) is 40.9 Å². The van der Waals surface area contributed by atoms with Gasteiger partial charge in [-0.25, -0.2) is 9.78 Å². The summed E-state index contributed by atoms with van der Waals surface area (Å²) in [6.45, 7) is 2.80. The van der Waals surface area contributed by atoms with E-state index in [1.54, 1.807) is 11.0 Å². The van der Waals surface area contributed by atoms with Crippen LogP contribution in [0.25, 0.3) is 5.65 Å². The van der Waals surface area contributed by atoms with Gasteiger partial charge in [-0.3, -0.25) is 19.6 Å². The lowest BCUT2D eigenvalue weighted by Gasteiger charge is -2.27. The standard InChI is InChI=1S/C19H21N7O4/c1-10-7-13-21-9-12(14(20)26(13)24-10)17(28)25-5-2-3-19(4-6-25)8-11-15(27)22-18(29)23-16(11)30-19/h7,9H,2-6,8,20H2,1H3,(H2,22,23,27,29)/t19-/m0/s1. The van der Waals surface area contributed by atoms with Crippen LogP contribution in [-0.2, 0) is 6.42 Å². The maximum Gasteiger partial charge on any atom is 0.328 e. The highest BCUT2D eigenvalue weighted by Crippen LogP contribution is 2.38. The number of likely N-dealkylation sites (tertiary alicyclic amines) is 1. The highest BCUT2D eigenvalue weighted by molar-refractivity contribution is 5.98. The molecule has 1 amide bonds. The number of fused-ring (bicyclic) bond motifs is 2. The molecule has 2 aliphatic rings. The molecule has 156 valence electrons. The van der Waals surface area contributed by atoms with Crippen molar-refractivity contribution in [3.05, 3.63) is 49.9 Å². The van der Waals surface area contributed by atoms with E-state index in [1.165, 1.54) is 10.7 Å². The summed E-state index contributed by atoms with van der Waals surface area (Å²) >= 11 is 0. The van der Waals surface area contributed by atoms with Gasteiger partial charge in [-0.05, 0) is 19.8 Å². The van der Waals surface area contributed by atoms with Crippen molar-refractivity contribution in [1.29, 1.82) is 0 Å². The second-order valence-corrected chi connectivity index (χ2v) is 7.94. The lowest BCUT2D eigenvalue weighted by molar-refractivity contribution is 0.0658. The molecule has 4 N–H and O–H groups in total. The molecule has 0 unspecified atom stereocenters. The van der Waals surface area contributed by atoms with E-state index in [2.05, 4.69) is 20.1 Å². The highest BCUT2D eigenvalue weighted by Gasteiger charge is 2.43. The highest BCUT2D eigenvalue weighted by atomic mass is 16.5. The van der Waals surface area contributed by atoms with Gasteiger partial charge in [0, 0.05) is 38.2 Å². The fraction of sp³-hybridized carbons (Fsp3) is 0.421. The van der Waals surface area contributed by atoms with Crippen LogP contribution in [0.5, 0.6) is 5.88 Å². The summed E-state index contributed by atoms with van der Waals surface area (Å²) in [6, 6.07) is 1.79. The van der Waals surface area contributed by atoms with Crippen LogP contribution < -0.4 is 21.7 Å². The number of nitrogens with zero attached hydrogens (tertiary/aromatic N) is 4. The third-order valence-corrected chi connectivity index (χ3v) is 5.88. The van der Waals surface area contributed by atoms with Crippen molar-refractivity contribution in [1.82, 2.24) is 29.5 Å². The molecule has 30 heavy (non-hydrogen) atoms. The number of nitrogen functional groups attached to an aromatic ring is 1. The third-order valence-electron chi connectivity index (χ3n) is 5.88. The van der Waals surface area contributed by atoms with E-state index < -0.39 is 16.9 Å².